The number of carbonyl (C=O) groups is 3. The second-order valence-electron chi connectivity index (χ2n) is 7.18. The molecule has 0 saturated carbocycles. The number of amides is 1. The van der Waals surface area contributed by atoms with Crippen molar-refractivity contribution in [3.63, 3.8) is 0 Å². The lowest BCUT2D eigenvalue weighted by Gasteiger charge is -2.11. The van der Waals surface area contributed by atoms with Gasteiger partial charge in [-0.1, -0.05) is 100 Å². The van der Waals surface area contributed by atoms with Crippen LogP contribution in [0.1, 0.15) is 71.1 Å². The Bertz CT molecular complexity index is 659. The van der Waals surface area contributed by atoms with Gasteiger partial charge in [0.1, 0.15) is 6.04 Å². The molecule has 0 fully saturated rings. The topological polar surface area (TPSA) is 104 Å². The van der Waals surface area contributed by atoms with Crippen LogP contribution in [0.5, 0.6) is 0 Å². The molecular formula is C25H37NO5. The SMILES string of the molecule is CCCCCCCCCC=CC=CC=CC=CC=CC(=O)N[C@@H](CCC(=O)O)C(=O)O. The molecule has 31 heavy (non-hydrogen) atoms. The normalized spacial score (nSPS) is 13.2. The van der Waals surface area contributed by atoms with Crippen LogP contribution in [-0.2, 0) is 14.4 Å². The molecule has 0 aromatic heterocycles. The van der Waals surface area contributed by atoms with Gasteiger partial charge in [0.2, 0.25) is 5.91 Å². The van der Waals surface area contributed by atoms with E-state index in [4.69, 9.17) is 10.2 Å². The number of hydrogen-bond acceptors (Lipinski definition) is 3. The summed E-state index contributed by atoms with van der Waals surface area (Å²) in [4.78, 5) is 33.2. The minimum atomic E-state index is -1.26. The van der Waals surface area contributed by atoms with Gasteiger partial charge in [-0.2, -0.15) is 0 Å². The minimum Gasteiger partial charge on any atom is -0.481 e. The number of unbranched alkanes of at least 4 members (excludes halogenated alkanes) is 7. The van der Waals surface area contributed by atoms with E-state index < -0.39 is 23.9 Å². The smallest absolute Gasteiger partial charge is 0.326 e. The summed E-state index contributed by atoms with van der Waals surface area (Å²) in [6.45, 7) is 2.23. The van der Waals surface area contributed by atoms with Crippen LogP contribution in [-0.4, -0.2) is 34.1 Å². The number of allylic oxidation sites excluding steroid dienone is 9. The lowest BCUT2D eigenvalue weighted by Crippen LogP contribution is -2.40. The van der Waals surface area contributed by atoms with Crippen molar-refractivity contribution in [3.05, 3.63) is 60.8 Å². The molecule has 0 aliphatic rings. The van der Waals surface area contributed by atoms with Gasteiger partial charge in [-0.3, -0.25) is 9.59 Å². The number of carboxylic acids is 2. The summed E-state index contributed by atoms with van der Waals surface area (Å²) in [5.41, 5.74) is 0. The zero-order valence-electron chi connectivity index (χ0n) is 18.5. The van der Waals surface area contributed by atoms with E-state index in [0.717, 1.165) is 6.42 Å². The predicted molar refractivity (Wildman–Crippen MR) is 125 cm³/mol. The maximum Gasteiger partial charge on any atom is 0.326 e. The van der Waals surface area contributed by atoms with Crippen LogP contribution in [0.2, 0.25) is 0 Å². The summed E-state index contributed by atoms with van der Waals surface area (Å²) < 4.78 is 0. The molecule has 0 aromatic carbocycles. The van der Waals surface area contributed by atoms with Crippen LogP contribution in [0.3, 0.4) is 0 Å². The van der Waals surface area contributed by atoms with E-state index in [0.29, 0.717) is 0 Å². The molecule has 1 atom stereocenters. The Morgan fingerprint density at radius 2 is 1.32 bits per heavy atom. The second kappa shape index (κ2) is 20.4. The molecule has 0 rings (SSSR count). The molecule has 6 nitrogen and oxygen atoms in total. The van der Waals surface area contributed by atoms with Crippen molar-refractivity contribution >= 4 is 17.8 Å². The van der Waals surface area contributed by atoms with Gasteiger partial charge in [-0.25, -0.2) is 4.79 Å². The van der Waals surface area contributed by atoms with E-state index in [-0.39, 0.29) is 12.8 Å². The minimum absolute atomic E-state index is 0.164. The zero-order chi connectivity index (χ0) is 23.2. The lowest BCUT2D eigenvalue weighted by atomic mass is 10.1. The molecule has 3 N–H and O–H groups in total. The van der Waals surface area contributed by atoms with Gasteiger partial charge in [0.25, 0.3) is 0 Å². The molecule has 0 spiro atoms. The summed E-state index contributed by atoms with van der Waals surface area (Å²) in [5.74, 6) is -2.95. The third-order valence-electron chi connectivity index (χ3n) is 4.40. The number of carbonyl (C=O) groups excluding carboxylic acids is 1. The van der Waals surface area contributed by atoms with Crippen molar-refractivity contribution in [3.8, 4) is 0 Å². The highest BCUT2D eigenvalue weighted by Gasteiger charge is 2.19. The highest BCUT2D eigenvalue weighted by molar-refractivity contribution is 5.91. The number of hydrogen-bond donors (Lipinski definition) is 3. The fourth-order valence-electron chi connectivity index (χ4n) is 2.67. The second-order valence-corrected chi connectivity index (χ2v) is 7.18. The number of rotatable bonds is 18. The van der Waals surface area contributed by atoms with Crippen molar-refractivity contribution < 1.29 is 24.6 Å². The van der Waals surface area contributed by atoms with Gasteiger partial charge < -0.3 is 15.5 Å². The van der Waals surface area contributed by atoms with Crippen molar-refractivity contribution in [1.82, 2.24) is 5.32 Å². The van der Waals surface area contributed by atoms with E-state index in [1.807, 2.05) is 30.4 Å². The molecule has 0 bridgehead atoms. The van der Waals surface area contributed by atoms with Crippen LogP contribution in [0.15, 0.2) is 60.8 Å². The first-order valence-electron chi connectivity index (χ1n) is 11.1. The van der Waals surface area contributed by atoms with Gasteiger partial charge in [0.15, 0.2) is 0 Å². The van der Waals surface area contributed by atoms with Crippen molar-refractivity contribution in [2.45, 2.75) is 77.2 Å². The molecule has 0 unspecified atom stereocenters. The Kier molecular flexibility index (Phi) is 18.5. The number of nitrogens with one attached hydrogen (secondary N) is 1. The average molecular weight is 432 g/mol. The van der Waals surface area contributed by atoms with E-state index in [2.05, 4.69) is 18.3 Å². The Hall–Kier alpha value is -2.89. The number of carboxylic acid groups (broad SMARTS) is 2. The Balaban J connectivity index is 3.97. The molecule has 0 aromatic rings. The van der Waals surface area contributed by atoms with E-state index >= 15 is 0 Å². The largest absolute Gasteiger partial charge is 0.481 e. The fourth-order valence-corrected chi connectivity index (χ4v) is 2.67. The summed E-state index contributed by atoms with van der Waals surface area (Å²) in [6, 6.07) is -1.22. The first-order valence-corrected chi connectivity index (χ1v) is 11.1. The van der Waals surface area contributed by atoms with Gasteiger partial charge in [-0.15, -0.1) is 0 Å². The van der Waals surface area contributed by atoms with Crippen LogP contribution < -0.4 is 5.32 Å². The van der Waals surface area contributed by atoms with Crippen LogP contribution in [0.25, 0.3) is 0 Å². The first-order chi connectivity index (χ1) is 15.0. The molecule has 6 heteroatoms. The lowest BCUT2D eigenvalue weighted by molar-refractivity contribution is -0.142. The molecule has 0 radical (unpaired) electrons. The third-order valence-corrected chi connectivity index (χ3v) is 4.40. The van der Waals surface area contributed by atoms with Crippen LogP contribution in [0, 0.1) is 0 Å². The standard InChI is InChI=1S/C25H37NO5/c1-2-3-4-5-6-7-8-9-10-11-12-13-14-15-16-17-18-19-23(27)26-22(25(30)31)20-21-24(28)29/h10-19,22H,2-9,20-21H2,1H3,(H,26,27)(H,28,29)(H,30,31)/t22-/m0/s1. The van der Waals surface area contributed by atoms with Gasteiger partial charge >= 0.3 is 11.9 Å². The summed E-state index contributed by atoms with van der Waals surface area (Å²) in [7, 11) is 0. The molecule has 172 valence electrons. The molecule has 1 amide bonds. The summed E-state index contributed by atoms with van der Waals surface area (Å²) in [5, 5.41) is 19.9. The van der Waals surface area contributed by atoms with E-state index in [1.54, 1.807) is 12.2 Å². The number of aliphatic carboxylic acids is 2. The maximum absolute atomic E-state index is 11.7. The third kappa shape index (κ3) is 20.2. The van der Waals surface area contributed by atoms with Crippen LogP contribution >= 0.6 is 0 Å². The predicted octanol–water partition coefficient (Wildman–Crippen LogP) is 5.34. The quantitative estimate of drug-likeness (QED) is 0.154. The molecule has 0 aliphatic carbocycles. The molecular weight excluding hydrogens is 394 g/mol. The summed E-state index contributed by atoms with van der Waals surface area (Å²) >= 11 is 0. The highest BCUT2D eigenvalue weighted by Crippen LogP contribution is 2.08. The summed E-state index contributed by atoms with van der Waals surface area (Å²) in [6.07, 6.45) is 27.7. The average Bonchev–Trinajstić information content (AvgIpc) is 2.73. The van der Waals surface area contributed by atoms with E-state index in [1.165, 1.54) is 57.1 Å². The van der Waals surface area contributed by atoms with Gasteiger partial charge in [-0.05, 0) is 19.3 Å². The zero-order valence-corrected chi connectivity index (χ0v) is 18.5. The maximum atomic E-state index is 11.7. The molecule has 0 heterocycles. The van der Waals surface area contributed by atoms with E-state index in [9.17, 15) is 14.4 Å². The Labute approximate surface area is 186 Å². The van der Waals surface area contributed by atoms with Crippen LogP contribution in [0.4, 0.5) is 0 Å². The Morgan fingerprint density at radius 1 is 0.774 bits per heavy atom. The first kappa shape index (κ1) is 28.1. The van der Waals surface area contributed by atoms with Gasteiger partial charge in [0, 0.05) is 12.5 Å². The van der Waals surface area contributed by atoms with Crippen molar-refractivity contribution in [1.29, 1.82) is 0 Å². The Morgan fingerprint density at radius 3 is 1.90 bits per heavy atom. The fraction of sp³-hybridized carbons (Fsp3) is 0.480. The van der Waals surface area contributed by atoms with Gasteiger partial charge in [0.05, 0.1) is 0 Å². The molecule has 0 saturated heterocycles. The highest BCUT2D eigenvalue weighted by atomic mass is 16.4. The van der Waals surface area contributed by atoms with Crippen molar-refractivity contribution in [2.24, 2.45) is 0 Å². The van der Waals surface area contributed by atoms with Crippen molar-refractivity contribution in [2.75, 3.05) is 0 Å². The monoisotopic (exact) mass is 431 g/mol. The molecule has 0 aliphatic heterocycles.